The molecule has 8 heavy (non-hydrogen) atoms. The van der Waals surface area contributed by atoms with Gasteiger partial charge in [-0.15, -0.1) is 0 Å². The normalized spacial score (nSPS) is 0. The standard InChI is InChI=1S/C.Al.Mn.N.P.S.Se.Si. The van der Waals surface area contributed by atoms with E-state index in [1.54, 1.807) is 0 Å². The molecule has 0 saturated carbocycles. The Kier molecular flexibility index (Phi) is 2030. The van der Waals surface area contributed by atoms with Crippen LogP contribution in [0.25, 0.3) is 0 Å². The van der Waals surface area contributed by atoms with Crippen molar-refractivity contribution in [3.05, 3.63) is 7.43 Å². The van der Waals surface area contributed by atoms with E-state index in [0.29, 0.717) is 0 Å². The van der Waals surface area contributed by atoms with Crippen LogP contribution in [0.5, 0.6) is 0 Å². The predicted octanol–water partition coefficient (Wildman–Crippen LogP) is -0.0348. The third-order valence-corrected chi connectivity index (χ3v) is 0. The molecule has 0 heterocycles. The maximum atomic E-state index is 0. The molecule has 0 spiro atoms. The van der Waals surface area contributed by atoms with Gasteiger partial charge in [0.05, 0.1) is 0 Å². The van der Waals surface area contributed by atoms with E-state index in [9.17, 15) is 0 Å². The van der Waals surface area contributed by atoms with Crippen LogP contribution in [0.2, 0.25) is 0 Å². The van der Waals surface area contributed by atoms with Gasteiger partial charge < -0.3 is 0 Å². The number of rotatable bonds is 0. The van der Waals surface area contributed by atoms with Crippen LogP contribution >= 0.6 is 23.4 Å². The van der Waals surface area contributed by atoms with Gasteiger partial charge in [0.25, 0.3) is 0 Å². The van der Waals surface area contributed by atoms with Gasteiger partial charge in [-0.25, -0.2) is 0 Å². The molecule has 0 amide bonds. The molecular formula is CAlMnNPSSeSi. The molecule has 0 saturated heterocycles. The Morgan fingerprint density at radius 1 is 1.00 bits per heavy atom. The second kappa shape index (κ2) is 108. The molecule has 0 bridgehead atoms. The minimum atomic E-state index is 0. The van der Waals surface area contributed by atoms with Crippen LogP contribution in [0, 0.1) is 7.43 Å². The van der Waals surface area contributed by atoms with Gasteiger partial charge in [-0.3, -0.25) is 0 Å². The van der Waals surface area contributed by atoms with E-state index in [0.717, 1.165) is 0 Å². The van der Waals surface area contributed by atoms with E-state index in [1.807, 2.05) is 0 Å². The average molecular weight is 278 g/mol. The van der Waals surface area contributed by atoms with Crippen LogP contribution in [-0.2, 0) is 17.1 Å². The molecule has 0 aromatic carbocycles. The van der Waals surface area contributed by atoms with Crippen molar-refractivity contribution in [1.82, 2.24) is 6.15 Å². The molecule has 7 heteroatoms. The number of hydrogen-bond donors (Lipinski definition) is 0. The molecule has 0 N–H and O–H groups in total. The van der Waals surface area contributed by atoms with E-state index in [4.69, 9.17) is 0 Å². The first-order chi connectivity index (χ1) is 0. The molecule has 0 aromatic heterocycles. The summed E-state index contributed by atoms with van der Waals surface area (Å²) in [6, 6.07) is 0. The smallest absolute Gasteiger partial charge is 0 e. The summed E-state index contributed by atoms with van der Waals surface area (Å²) in [6.07, 6.45) is 0. The Hall–Kier alpha value is 2.53. The topological polar surface area (TPSA) is 30.5 Å². The van der Waals surface area contributed by atoms with Crippen molar-refractivity contribution in [3.8, 4) is 0 Å². The molecule has 0 unspecified atom stereocenters. The summed E-state index contributed by atoms with van der Waals surface area (Å²) in [5.74, 6) is 0. The molecule has 0 aliphatic heterocycles. The Morgan fingerprint density at radius 2 is 1.00 bits per heavy atom. The van der Waals surface area contributed by atoms with Crippen molar-refractivity contribution in [2.24, 2.45) is 0 Å². The van der Waals surface area contributed by atoms with Gasteiger partial charge in [0.1, 0.15) is 0 Å². The minimum absolute atomic E-state index is 0. The summed E-state index contributed by atoms with van der Waals surface area (Å²) >= 11 is 0. The monoisotopic (exact) mass is 279 g/mol. The molecule has 0 aromatic rings. The van der Waals surface area contributed by atoms with Gasteiger partial charge in [-0.2, -0.15) is 0 Å². The average Bonchev–Trinajstić information content (AvgIpc) is 0. The van der Waals surface area contributed by atoms with Crippen LogP contribution < -0.4 is 6.15 Å². The van der Waals surface area contributed by atoms with Crippen molar-refractivity contribution in [2.45, 2.75) is 0 Å². The Balaban J connectivity index is 0. The molecular weight excluding hydrogens is 278 g/mol. The van der Waals surface area contributed by atoms with Crippen molar-refractivity contribution in [3.63, 3.8) is 0 Å². The van der Waals surface area contributed by atoms with Gasteiger partial charge >= 0.3 is 0 Å². The third-order valence-electron chi connectivity index (χ3n) is 0. The molecule has 0 aliphatic carbocycles. The van der Waals surface area contributed by atoms with Crippen LogP contribution in [0.15, 0.2) is 0 Å². The van der Waals surface area contributed by atoms with Crippen LogP contribution in [0.1, 0.15) is 0 Å². The van der Waals surface area contributed by atoms with Crippen molar-refractivity contribution >= 4 is 68.8 Å². The first kappa shape index (κ1) is 150. The maximum Gasteiger partial charge on any atom is 0 e. The predicted molar refractivity (Wildman–Crippen MR) is 37.1 cm³/mol. The zero-order valence-corrected chi connectivity index (χ0v) is 10.4. The Labute approximate surface area is 98.7 Å². The molecule has 40 valence electrons. The molecule has 0 rings (SSSR count). The fourth-order valence-corrected chi connectivity index (χ4v) is 0. The molecule has 22 radical (unpaired) electrons. The summed E-state index contributed by atoms with van der Waals surface area (Å²) in [7, 11) is 0. The van der Waals surface area contributed by atoms with Crippen LogP contribution in [0.4, 0.5) is 0 Å². The minimum Gasteiger partial charge on any atom is 0 e. The first-order valence-corrected chi connectivity index (χ1v) is 0. The molecule has 0 fully saturated rings. The van der Waals surface area contributed by atoms with Crippen molar-refractivity contribution in [1.29, 1.82) is 0 Å². The second-order valence-corrected chi connectivity index (χ2v) is 0. The van der Waals surface area contributed by atoms with Crippen LogP contribution in [-0.4, -0.2) is 45.4 Å². The summed E-state index contributed by atoms with van der Waals surface area (Å²) in [5.41, 5.74) is 0. The van der Waals surface area contributed by atoms with Crippen molar-refractivity contribution in [2.75, 3.05) is 0 Å². The van der Waals surface area contributed by atoms with Gasteiger partial charge in [-0.1, -0.05) is 0 Å². The Bertz CT molecular complexity index is 24.0. The number of nitrogens with zero attached hydrogens (tertiary/aromatic N) is 1. The molecule has 0 atom stereocenters. The van der Waals surface area contributed by atoms with Gasteiger partial charge in [0.2, 0.25) is 0 Å². The summed E-state index contributed by atoms with van der Waals surface area (Å²) in [4.78, 5) is 0. The quantitative estimate of drug-likeness (QED) is 0.440. The molecule has 0 aliphatic rings. The van der Waals surface area contributed by atoms with E-state index in [1.165, 1.54) is 0 Å². The second-order valence-electron chi connectivity index (χ2n) is 0. The van der Waals surface area contributed by atoms with Crippen molar-refractivity contribution < 1.29 is 17.1 Å². The maximum absolute atomic E-state index is 0. The summed E-state index contributed by atoms with van der Waals surface area (Å²) < 4.78 is 0. The van der Waals surface area contributed by atoms with E-state index >= 15 is 0 Å². The fourth-order valence-electron chi connectivity index (χ4n) is 0. The summed E-state index contributed by atoms with van der Waals surface area (Å²) in [5, 5.41) is 0. The zero-order valence-electron chi connectivity index (χ0n) is 3.67. The summed E-state index contributed by atoms with van der Waals surface area (Å²) in [6.45, 7) is 0. The Morgan fingerprint density at radius 3 is 1.00 bits per heavy atom. The molecule has 1 nitrogen and oxygen atoms in total. The van der Waals surface area contributed by atoms with E-state index in [-0.39, 0.29) is 99.4 Å². The SMILES string of the molecule is [Al].[C].[Mn].[N].[P].[S].[Se].[Si]. The van der Waals surface area contributed by atoms with Crippen LogP contribution in [0.3, 0.4) is 0 Å². The number of hydrogen-bond acceptors (Lipinski definition) is 0. The fraction of sp³-hybridized carbons (Fsp3) is 0. The third kappa shape index (κ3) is 75.6. The van der Waals surface area contributed by atoms with Gasteiger partial charge in [0.15, 0.2) is 0 Å². The van der Waals surface area contributed by atoms with Gasteiger partial charge in [0, 0.05) is 99.4 Å². The van der Waals surface area contributed by atoms with E-state index in [2.05, 4.69) is 0 Å². The zero-order chi connectivity index (χ0) is 0. The largest absolute Gasteiger partial charge is 0 e. The van der Waals surface area contributed by atoms with Gasteiger partial charge in [-0.05, 0) is 0 Å². The van der Waals surface area contributed by atoms with E-state index < -0.39 is 0 Å². The first-order valence-electron chi connectivity index (χ1n) is 0.